The molecule has 0 bridgehead atoms. The van der Waals surface area contributed by atoms with Crippen molar-refractivity contribution in [2.24, 2.45) is 0 Å². The molecule has 2 heterocycles. The molecular weight excluding hydrogens is 294 g/mol. The van der Waals surface area contributed by atoms with Gasteiger partial charge in [0.15, 0.2) is 6.54 Å². The highest BCUT2D eigenvalue weighted by atomic mass is 16.5. The van der Waals surface area contributed by atoms with Gasteiger partial charge in [-0.3, -0.25) is 9.59 Å². The monoisotopic (exact) mass is 318 g/mol. The van der Waals surface area contributed by atoms with E-state index in [-0.39, 0.29) is 17.9 Å². The fourth-order valence-corrected chi connectivity index (χ4v) is 3.15. The first-order valence-electron chi connectivity index (χ1n) is 8.31. The van der Waals surface area contributed by atoms with Crippen LogP contribution in [0.2, 0.25) is 0 Å². The fraction of sp³-hybridized carbons (Fsp3) is 0.529. The standard InChI is InChI=1S/C17H23N3O3/c21-16(18-14-5-2-1-3-6-14)13-19-8-10-20(11-9-19)17(22)15-7-4-12-23-15/h1-3,5-6,15H,4,7-13H2,(H,18,21)/p+1/t15-/m1/s1. The molecule has 2 aliphatic rings. The van der Waals surface area contributed by atoms with Crippen LogP contribution >= 0.6 is 0 Å². The Hall–Kier alpha value is -1.92. The number of benzene rings is 1. The molecule has 0 aliphatic carbocycles. The third-order valence-corrected chi connectivity index (χ3v) is 4.46. The lowest BCUT2D eigenvalue weighted by atomic mass is 10.2. The van der Waals surface area contributed by atoms with Crippen LogP contribution in [-0.2, 0) is 14.3 Å². The van der Waals surface area contributed by atoms with Gasteiger partial charge >= 0.3 is 0 Å². The van der Waals surface area contributed by atoms with Crippen molar-refractivity contribution in [1.82, 2.24) is 4.90 Å². The van der Waals surface area contributed by atoms with Crippen LogP contribution in [0.3, 0.4) is 0 Å². The molecule has 1 aromatic rings. The highest BCUT2D eigenvalue weighted by Crippen LogP contribution is 2.14. The molecule has 1 aromatic carbocycles. The van der Waals surface area contributed by atoms with Gasteiger partial charge in [0, 0.05) is 12.3 Å². The van der Waals surface area contributed by atoms with Crippen LogP contribution in [-0.4, -0.2) is 62.1 Å². The summed E-state index contributed by atoms with van der Waals surface area (Å²) in [5.74, 6) is 0.139. The van der Waals surface area contributed by atoms with Crippen molar-refractivity contribution in [2.45, 2.75) is 18.9 Å². The number of nitrogens with zero attached hydrogens (tertiary/aromatic N) is 1. The summed E-state index contributed by atoms with van der Waals surface area (Å²) >= 11 is 0. The van der Waals surface area contributed by atoms with E-state index in [1.165, 1.54) is 4.90 Å². The minimum absolute atomic E-state index is 0.0186. The van der Waals surface area contributed by atoms with E-state index < -0.39 is 0 Å². The van der Waals surface area contributed by atoms with Crippen LogP contribution in [0.25, 0.3) is 0 Å². The molecule has 2 saturated heterocycles. The third kappa shape index (κ3) is 4.30. The molecule has 2 fully saturated rings. The summed E-state index contributed by atoms with van der Waals surface area (Å²) in [6.45, 7) is 4.15. The van der Waals surface area contributed by atoms with Gasteiger partial charge in [-0.1, -0.05) is 18.2 Å². The molecule has 0 spiro atoms. The number of hydrogen-bond acceptors (Lipinski definition) is 3. The molecule has 0 aromatic heterocycles. The van der Waals surface area contributed by atoms with Crippen LogP contribution in [0.5, 0.6) is 0 Å². The first kappa shape index (κ1) is 16.0. The maximum atomic E-state index is 12.3. The van der Waals surface area contributed by atoms with Crippen molar-refractivity contribution in [3.05, 3.63) is 30.3 Å². The SMILES string of the molecule is O=C(C[NH+]1CCN(C(=O)[C@H]2CCCO2)CC1)Nc1ccccc1. The van der Waals surface area contributed by atoms with E-state index in [0.717, 1.165) is 31.6 Å². The Morgan fingerprint density at radius 3 is 2.61 bits per heavy atom. The molecular formula is C17H24N3O3+. The Balaban J connectivity index is 1.42. The van der Waals surface area contributed by atoms with E-state index in [9.17, 15) is 9.59 Å². The lowest BCUT2D eigenvalue weighted by Gasteiger charge is -2.33. The summed E-state index contributed by atoms with van der Waals surface area (Å²) in [7, 11) is 0. The molecule has 2 aliphatic heterocycles. The summed E-state index contributed by atoms with van der Waals surface area (Å²) in [4.78, 5) is 27.5. The van der Waals surface area contributed by atoms with Crippen LogP contribution in [0.1, 0.15) is 12.8 Å². The van der Waals surface area contributed by atoms with Crippen molar-refractivity contribution in [3.8, 4) is 0 Å². The predicted molar refractivity (Wildman–Crippen MR) is 86.2 cm³/mol. The fourth-order valence-electron chi connectivity index (χ4n) is 3.15. The van der Waals surface area contributed by atoms with Crippen LogP contribution in [0, 0.1) is 0 Å². The van der Waals surface area contributed by atoms with E-state index in [4.69, 9.17) is 4.74 Å². The van der Waals surface area contributed by atoms with Crippen LogP contribution in [0.4, 0.5) is 5.69 Å². The van der Waals surface area contributed by atoms with Crippen molar-refractivity contribution in [2.75, 3.05) is 44.6 Å². The number of amides is 2. The molecule has 3 rings (SSSR count). The lowest BCUT2D eigenvalue weighted by molar-refractivity contribution is -0.895. The van der Waals surface area contributed by atoms with Gasteiger partial charge in [0.1, 0.15) is 6.10 Å². The first-order valence-corrected chi connectivity index (χ1v) is 8.31. The number of carbonyl (C=O) groups excluding carboxylic acids is 2. The Morgan fingerprint density at radius 2 is 1.96 bits per heavy atom. The highest BCUT2D eigenvalue weighted by molar-refractivity contribution is 5.91. The molecule has 23 heavy (non-hydrogen) atoms. The lowest BCUT2D eigenvalue weighted by Crippen LogP contribution is -3.15. The zero-order chi connectivity index (χ0) is 16.1. The Labute approximate surface area is 136 Å². The maximum absolute atomic E-state index is 12.3. The second-order valence-corrected chi connectivity index (χ2v) is 6.17. The van der Waals surface area contributed by atoms with Gasteiger partial charge in [0.2, 0.25) is 0 Å². The topological polar surface area (TPSA) is 63.1 Å². The third-order valence-electron chi connectivity index (χ3n) is 4.46. The number of para-hydroxylation sites is 1. The number of nitrogens with one attached hydrogen (secondary N) is 2. The van der Waals surface area contributed by atoms with Crippen LogP contribution < -0.4 is 10.2 Å². The number of carbonyl (C=O) groups is 2. The number of piperazine rings is 1. The van der Waals surface area contributed by atoms with Crippen molar-refractivity contribution < 1.29 is 19.2 Å². The molecule has 6 nitrogen and oxygen atoms in total. The van der Waals surface area contributed by atoms with E-state index >= 15 is 0 Å². The summed E-state index contributed by atoms with van der Waals surface area (Å²) in [6.07, 6.45) is 1.57. The van der Waals surface area contributed by atoms with Crippen molar-refractivity contribution in [1.29, 1.82) is 0 Å². The number of rotatable bonds is 4. The van der Waals surface area contributed by atoms with Gasteiger partial charge in [-0.2, -0.15) is 0 Å². The zero-order valence-electron chi connectivity index (χ0n) is 13.3. The summed E-state index contributed by atoms with van der Waals surface area (Å²) in [5.41, 5.74) is 0.823. The van der Waals surface area contributed by atoms with Gasteiger partial charge < -0.3 is 19.9 Å². The first-order chi connectivity index (χ1) is 11.2. The second kappa shape index (κ2) is 7.57. The zero-order valence-corrected chi connectivity index (χ0v) is 13.3. The van der Waals surface area contributed by atoms with Gasteiger partial charge in [-0.25, -0.2) is 0 Å². The second-order valence-electron chi connectivity index (χ2n) is 6.17. The van der Waals surface area contributed by atoms with E-state index in [2.05, 4.69) is 5.32 Å². The molecule has 0 radical (unpaired) electrons. The molecule has 124 valence electrons. The van der Waals surface area contributed by atoms with Gasteiger partial charge in [0.25, 0.3) is 11.8 Å². The smallest absolute Gasteiger partial charge is 0.279 e. The predicted octanol–water partition coefficient (Wildman–Crippen LogP) is -0.469. The Bertz CT molecular complexity index is 535. The minimum atomic E-state index is -0.238. The summed E-state index contributed by atoms with van der Waals surface area (Å²) in [5, 5.41) is 2.91. The number of quaternary nitrogens is 1. The van der Waals surface area contributed by atoms with Gasteiger partial charge in [-0.05, 0) is 25.0 Å². The van der Waals surface area contributed by atoms with E-state index in [1.54, 1.807) is 0 Å². The summed E-state index contributed by atoms with van der Waals surface area (Å²) in [6, 6.07) is 9.48. The average molecular weight is 318 g/mol. The average Bonchev–Trinajstić information content (AvgIpc) is 3.10. The van der Waals surface area contributed by atoms with Gasteiger partial charge in [-0.15, -0.1) is 0 Å². The number of anilines is 1. The molecule has 1 atom stereocenters. The minimum Gasteiger partial charge on any atom is -0.368 e. The molecule has 2 amide bonds. The largest absolute Gasteiger partial charge is 0.368 e. The highest BCUT2D eigenvalue weighted by Gasteiger charge is 2.31. The van der Waals surface area contributed by atoms with Crippen LogP contribution in [0.15, 0.2) is 30.3 Å². The molecule has 0 unspecified atom stereocenters. The maximum Gasteiger partial charge on any atom is 0.279 e. The Morgan fingerprint density at radius 1 is 1.22 bits per heavy atom. The normalized spacial score (nSPS) is 22.1. The molecule has 2 N–H and O–H groups in total. The molecule has 6 heteroatoms. The quantitative estimate of drug-likeness (QED) is 0.789. The van der Waals surface area contributed by atoms with E-state index in [0.29, 0.717) is 26.2 Å². The summed E-state index contributed by atoms with van der Waals surface area (Å²) < 4.78 is 5.46. The van der Waals surface area contributed by atoms with E-state index in [1.807, 2.05) is 35.2 Å². The number of hydrogen-bond donors (Lipinski definition) is 2. The van der Waals surface area contributed by atoms with Crippen molar-refractivity contribution in [3.63, 3.8) is 0 Å². The van der Waals surface area contributed by atoms with Crippen molar-refractivity contribution >= 4 is 17.5 Å². The Kier molecular flexibility index (Phi) is 5.25. The van der Waals surface area contributed by atoms with Gasteiger partial charge in [0.05, 0.1) is 26.2 Å². The number of ether oxygens (including phenoxy) is 1. The molecule has 0 saturated carbocycles.